The number of nitro groups is 1. The van der Waals surface area contributed by atoms with E-state index in [2.05, 4.69) is 10.2 Å². The van der Waals surface area contributed by atoms with Crippen LogP contribution in [0.25, 0.3) is 0 Å². The highest BCUT2D eigenvalue weighted by molar-refractivity contribution is 5.32. The van der Waals surface area contributed by atoms with Crippen LogP contribution < -0.4 is 5.32 Å². The van der Waals surface area contributed by atoms with Gasteiger partial charge in [0.2, 0.25) is 0 Å². The van der Waals surface area contributed by atoms with E-state index in [1.54, 1.807) is 12.1 Å². The van der Waals surface area contributed by atoms with Crippen molar-refractivity contribution in [2.45, 2.75) is 25.3 Å². The molecule has 0 aromatic heterocycles. The van der Waals surface area contributed by atoms with E-state index in [1.807, 2.05) is 19.2 Å². The number of benzene rings is 1. The molecule has 104 valence electrons. The Balaban J connectivity index is 1.83. The third kappa shape index (κ3) is 4.01. The molecule has 5 heteroatoms. The summed E-state index contributed by atoms with van der Waals surface area (Å²) in [5, 5.41) is 13.9. The summed E-state index contributed by atoms with van der Waals surface area (Å²) < 4.78 is 0. The maximum absolute atomic E-state index is 10.6. The highest BCUT2D eigenvalue weighted by Crippen LogP contribution is 2.14. The summed E-state index contributed by atoms with van der Waals surface area (Å²) in [5.74, 6) is 0. The average molecular weight is 263 g/mol. The zero-order valence-electron chi connectivity index (χ0n) is 11.3. The third-order valence-electron chi connectivity index (χ3n) is 3.78. The van der Waals surface area contributed by atoms with Crippen LogP contribution in [0.1, 0.15) is 18.4 Å². The molecule has 19 heavy (non-hydrogen) atoms. The van der Waals surface area contributed by atoms with E-state index < -0.39 is 0 Å². The molecule has 0 radical (unpaired) electrons. The third-order valence-corrected chi connectivity index (χ3v) is 3.78. The Morgan fingerprint density at radius 3 is 2.79 bits per heavy atom. The number of hydrogen-bond donors (Lipinski definition) is 1. The first-order chi connectivity index (χ1) is 9.19. The first kappa shape index (κ1) is 14.0. The smallest absolute Gasteiger partial charge is 0.269 e. The van der Waals surface area contributed by atoms with Gasteiger partial charge in [0.1, 0.15) is 0 Å². The minimum Gasteiger partial charge on any atom is -0.316 e. The van der Waals surface area contributed by atoms with Gasteiger partial charge in [0.25, 0.3) is 5.69 Å². The second-order valence-electron chi connectivity index (χ2n) is 5.10. The SMILES string of the molecule is CNC1CCCN(CCc2ccc([N+](=O)[O-])cc2)C1. The molecule has 5 nitrogen and oxygen atoms in total. The molecule has 0 aliphatic carbocycles. The van der Waals surface area contributed by atoms with Gasteiger partial charge in [-0.15, -0.1) is 0 Å². The van der Waals surface area contributed by atoms with Gasteiger partial charge in [-0.25, -0.2) is 0 Å². The molecule has 2 rings (SSSR count). The number of nitrogens with zero attached hydrogens (tertiary/aromatic N) is 2. The molecule has 1 saturated heterocycles. The highest BCUT2D eigenvalue weighted by atomic mass is 16.6. The fourth-order valence-electron chi connectivity index (χ4n) is 2.57. The molecule has 1 atom stereocenters. The Morgan fingerprint density at radius 1 is 1.42 bits per heavy atom. The van der Waals surface area contributed by atoms with E-state index in [0.717, 1.165) is 31.6 Å². The highest BCUT2D eigenvalue weighted by Gasteiger charge is 2.17. The lowest BCUT2D eigenvalue weighted by Gasteiger charge is -2.32. The lowest BCUT2D eigenvalue weighted by molar-refractivity contribution is -0.384. The molecule has 1 aliphatic heterocycles. The van der Waals surface area contributed by atoms with Crippen LogP contribution in [0.15, 0.2) is 24.3 Å². The number of nitrogens with one attached hydrogen (secondary N) is 1. The van der Waals surface area contributed by atoms with Gasteiger partial charge in [0.15, 0.2) is 0 Å². The topological polar surface area (TPSA) is 58.4 Å². The lowest BCUT2D eigenvalue weighted by Crippen LogP contribution is -2.44. The number of likely N-dealkylation sites (tertiary alicyclic amines) is 1. The molecule has 0 saturated carbocycles. The minimum atomic E-state index is -0.355. The summed E-state index contributed by atoms with van der Waals surface area (Å²) in [6.07, 6.45) is 3.45. The fourth-order valence-corrected chi connectivity index (χ4v) is 2.57. The van der Waals surface area contributed by atoms with Crippen LogP contribution in [0, 0.1) is 10.1 Å². The van der Waals surface area contributed by atoms with Crippen molar-refractivity contribution in [1.82, 2.24) is 10.2 Å². The van der Waals surface area contributed by atoms with Gasteiger partial charge in [0, 0.05) is 31.3 Å². The molecule has 0 amide bonds. The standard InChI is InChI=1S/C14H21N3O2/c1-15-13-3-2-9-16(11-13)10-8-12-4-6-14(7-5-12)17(18)19/h4-7,13,15H,2-3,8-11H2,1H3. The maximum atomic E-state index is 10.6. The van der Waals surface area contributed by atoms with Crippen molar-refractivity contribution in [2.75, 3.05) is 26.7 Å². The van der Waals surface area contributed by atoms with Crippen LogP contribution in [-0.2, 0) is 6.42 Å². The van der Waals surface area contributed by atoms with E-state index in [4.69, 9.17) is 0 Å². The summed E-state index contributed by atoms with van der Waals surface area (Å²) in [6, 6.07) is 7.49. The number of hydrogen-bond acceptors (Lipinski definition) is 4. The number of non-ortho nitro benzene ring substituents is 1. The van der Waals surface area contributed by atoms with Crippen molar-refractivity contribution in [3.05, 3.63) is 39.9 Å². The van der Waals surface area contributed by atoms with Crippen LogP contribution in [0.3, 0.4) is 0 Å². The van der Waals surface area contributed by atoms with E-state index in [1.165, 1.54) is 12.8 Å². The molecule has 1 unspecified atom stereocenters. The summed E-state index contributed by atoms with van der Waals surface area (Å²) >= 11 is 0. The Morgan fingerprint density at radius 2 is 2.16 bits per heavy atom. The Labute approximate surface area is 113 Å². The van der Waals surface area contributed by atoms with Crippen LogP contribution in [0.4, 0.5) is 5.69 Å². The first-order valence-corrected chi connectivity index (χ1v) is 6.82. The van der Waals surface area contributed by atoms with E-state index in [0.29, 0.717) is 6.04 Å². The zero-order valence-corrected chi connectivity index (χ0v) is 11.3. The zero-order chi connectivity index (χ0) is 13.7. The van der Waals surface area contributed by atoms with Gasteiger partial charge >= 0.3 is 0 Å². The molecular weight excluding hydrogens is 242 g/mol. The first-order valence-electron chi connectivity index (χ1n) is 6.82. The lowest BCUT2D eigenvalue weighted by atomic mass is 10.0. The molecule has 1 aromatic rings. The molecular formula is C14H21N3O2. The van der Waals surface area contributed by atoms with Crippen molar-refractivity contribution in [3.8, 4) is 0 Å². The van der Waals surface area contributed by atoms with Gasteiger partial charge in [0.05, 0.1) is 4.92 Å². The molecule has 1 heterocycles. The van der Waals surface area contributed by atoms with Crippen molar-refractivity contribution in [3.63, 3.8) is 0 Å². The normalized spacial score (nSPS) is 20.4. The number of nitro benzene ring substituents is 1. The van der Waals surface area contributed by atoms with Gasteiger partial charge in [-0.05, 0) is 38.4 Å². The number of rotatable bonds is 5. The molecule has 1 aliphatic rings. The average Bonchev–Trinajstić information content (AvgIpc) is 2.46. The monoisotopic (exact) mass is 263 g/mol. The predicted molar refractivity (Wildman–Crippen MR) is 75.3 cm³/mol. The summed E-state index contributed by atoms with van der Waals surface area (Å²) in [5.41, 5.74) is 1.33. The second kappa shape index (κ2) is 6.63. The Kier molecular flexibility index (Phi) is 4.87. The van der Waals surface area contributed by atoms with Gasteiger partial charge in [-0.3, -0.25) is 10.1 Å². The maximum Gasteiger partial charge on any atom is 0.269 e. The fraction of sp³-hybridized carbons (Fsp3) is 0.571. The van der Waals surface area contributed by atoms with Crippen LogP contribution in [0.5, 0.6) is 0 Å². The van der Waals surface area contributed by atoms with Crippen LogP contribution >= 0.6 is 0 Å². The largest absolute Gasteiger partial charge is 0.316 e. The van der Waals surface area contributed by atoms with E-state index in [-0.39, 0.29) is 10.6 Å². The summed E-state index contributed by atoms with van der Waals surface area (Å²) in [4.78, 5) is 12.7. The van der Waals surface area contributed by atoms with Gasteiger partial charge in [-0.2, -0.15) is 0 Å². The van der Waals surface area contributed by atoms with Crippen LogP contribution in [0.2, 0.25) is 0 Å². The molecule has 1 N–H and O–H groups in total. The summed E-state index contributed by atoms with van der Waals surface area (Å²) in [7, 11) is 2.02. The molecule has 1 aromatic carbocycles. The van der Waals surface area contributed by atoms with E-state index in [9.17, 15) is 10.1 Å². The van der Waals surface area contributed by atoms with Crippen molar-refractivity contribution in [2.24, 2.45) is 0 Å². The second-order valence-corrected chi connectivity index (χ2v) is 5.10. The van der Waals surface area contributed by atoms with Gasteiger partial charge in [-0.1, -0.05) is 12.1 Å². The summed E-state index contributed by atoms with van der Waals surface area (Å²) in [6.45, 7) is 3.28. The minimum absolute atomic E-state index is 0.164. The Hall–Kier alpha value is -1.46. The van der Waals surface area contributed by atoms with Crippen molar-refractivity contribution in [1.29, 1.82) is 0 Å². The Bertz CT molecular complexity index is 419. The van der Waals surface area contributed by atoms with Crippen molar-refractivity contribution >= 4 is 5.69 Å². The number of piperidine rings is 1. The van der Waals surface area contributed by atoms with Crippen molar-refractivity contribution < 1.29 is 4.92 Å². The van der Waals surface area contributed by atoms with Gasteiger partial charge < -0.3 is 10.2 Å². The van der Waals surface area contributed by atoms with E-state index >= 15 is 0 Å². The molecule has 1 fully saturated rings. The quantitative estimate of drug-likeness (QED) is 0.650. The predicted octanol–water partition coefficient (Wildman–Crippen LogP) is 1.82. The molecule has 0 spiro atoms. The van der Waals surface area contributed by atoms with Crippen LogP contribution in [-0.4, -0.2) is 42.5 Å². The number of likely N-dealkylation sites (N-methyl/N-ethyl adjacent to an activating group) is 1. The molecule has 0 bridgehead atoms.